The van der Waals surface area contributed by atoms with Crippen LogP contribution in [-0.4, -0.2) is 23.7 Å². The maximum absolute atomic E-state index is 11.7. The van der Waals surface area contributed by atoms with E-state index in [2.05, 4.69) is 27.9 Å². The molecule has 0 aliphatic rings. The van der Waals surface area contributed by atoms with Gasteiger partial charge in [-0.05, 0) is 52.8 Å². The summed E-state index contributed by atoms with van der Waals surface area (Å²) in [5, 5.41) is 12.3. The van der Waals surface area contributed by atoms with Gasteiger partial charge in [0.25, 0.3) is 5.91 Å². The zero-order valence-corrected chi connectivity index (χ0v) is 11.6. The molecule has 4 heteroatoms. The summed E-state index contributed by atoms with van der Waals surface area (Å²) in [6.07, 6.45) is -0.493. The molecule has 16 heavy (non-hydrogen) atoms. The molecule has 0 spiro atoms. The van der Waals surface area contributed by atoms with Crippen molar-refractivity contribution in [1.29, 1.82) is 0 Å². The van der Waals surface area contributed by atoms with Crippen molar-refractivity contribution in [3.05, 3.63) is 33.4 Å². The number of carbonyl (C=O) groups is 1. The molecule has 0 radical (unpaired) electrons. The predicted molar refractivity (Wildman–Crippen MR) is 72.3 cm³/mol. The molecule has 0 fully saturated rings. The molecule has 0 aliphatic heterocycles. The molecule has 3 nitrogen and oxygen atoms in total. The summed E-state index contributed by atoms with van der Waals surface area (Å²) in [5.41, 5.74) is 0.622. The van der Waals surface area contributed by atoms with Gasteiger partial charge in [-0.25, -0.2) is 0 Å². The molecular formula is C12H16INO2. The van der Waals surface area contributed by atoms with Crippen LogP contribution in [0.1, 0.15) is 24.2 Å². The summed E-state index contributed by atoms with van der Waals surface area (Å²) in [5.74, 6) is 0.00752. The maximum Gasteiger partial charge on any atom is 0.251 e. The van der Waals surface area contributed by atoms with Crippen LogP contribution in [0.4, 0.5) is 0 Å². The maximum atomic E-state index is 11.7. The first-order valence-electron chi connectivity index (χ1n) is 5.22. The van der Waals surface area contributed by atoms with E-state index in [0.717, 1.165) is 3.57 Å². The molecule has 1 aromatic rings. The number of benzene rings is 1. The summed E-state index contributed by atoms with van der Waals surface area (Å²) in [4.78, 5) is 11.7. The number of amides is 1. The van der Waals surface area contributed by atoms with Gasteiger partial charge in [0.05, 0.1) is 6.10 Å². The van der Waals surface area contributed by atoms with Crippen LogP contribution in [-0.2, 0) is 0 Å². The lowest BCUT2D eigenvalue weighted by molar-refractivity contribution is 0.0871. The van der Waals surface area contributed by atoms with Gasteiger partial charge in [-0.3, -0.25) is 4.79 Å². The standard InChI is InChI=1S/C12H16INO2/c1-8(2)11(15)7-14-12(16)9-3-5-10(13)6-4-9/h3-6,8,11,15H,7H2,1-2H3,(H,14,16). The fraction of sp³-hybridized carbons (Fsp3) is 0.417. The lowest BCUT2D eigenvalue weighted by Gasteiger charge is -2.14. The largest absolute Gasteiger partial charge is 0.391 e. The van der Waals surface area contributed by atoms with Gasteiger partial charge in [0.2, 0.25) is 0 Å². The number of rotatable bonds is 4. The van der Waals surface area contributed by atoms with Gasteiger partial charge in [-0.15, -0.1) is 0 Å². The van der Waals surface area contributed by atoms with Crippen molar-refractivity contribution in [2.45, 2.75) is 20.0 Å². The number of hydrogen-bond acceptors (Lipinski definition) is 2. The Morgan fingerprint density at radius 2 is 1.94 bits per heavy atom. The lowest BCUT2D eigenvalue weighted by Crippen LogP contribution is -2.34. The minimum Gasteiger partial charge on any atom is -0.391 e. The monoisotopic (exact) mass is 333 g/mol. The van der Waals surface area contributed by atoms with Crippen LogP contribution >= 0.6 is 22.6 Å². The molecule has 0 saturated carbocycles. The fourth-order valence-electron chi connectivity index (χ4n) is 1.14. The molecule has 1 aromatic carbocycles. The van der Waals surface area contributed by atoms with E-state index < -0.39 is 6.10 Å². The molecule has 88 valence electrons. The van der Waals surface area contributed by atoms with Crippen molar-refractivity contribution in [3.63, 3.8) is 0 Å². The topological polar surface area (TPSA) is 49.3 Å². The molecule has 1 rings (SSSR count). The molecule has 0 aliphatic carbocycles. The van der Waals surface area contributed by atoms with E-state index in [4.69, 9.17) is 0 Å². The Bertz CT molecular complexity index is 349. The number of hydrogen-bond donors (Lipinski definition) is 2. The molecule has 0 bridgehead atoms. The van der Waals surface area contributed by atoms with Gasteiger partial charge < -0.3 is 10.4 Å². The van der Waals surface area contributed by atoms with Crippen molar-refractivity contribution in [2.75, 3.05) is 6.54 Å². The summed E-state index contributed by atoms with van der Waals surface area (Å²) in [6, 6.07) is 7.32. The van der Waals surface area contributed by atoms with Crippen LogP contribution in [0.2, 0.25) is 0 Å². The van der Waals surface area contributed by atoms with Crippen molar-refractivity contribution >= 4 is 28.5 Å². The van der Waals surface area contributed by atoms with Crippen molar-refractivity contribution in [3.8, 4) is 0 Å². The van der Waals surface area contributed by atoms with Crippen LogP contribution in [0, 0.1) is 9.49 Å². The van der Waals surface area contributed by atoms with Gasteiger partial charge in [-0.2, -0.15) is 0 Å². The smallest absolute Gasteiger partial charge is 0.251 e. The van der Waals surface area contributed by atoms with E-state index >= 15 is 0 Å². The van der Waals surface area contributed by atoms with Gasteiger partial charge in [0.1, 0.15) is 0 Å². The number of carbonyl (C=O) groups excluding carboxylic acids is 1. The Labute approximate surface area is 109 Å². The lowest BCUT2D eigenvalue weighted by atomic mass is 10.1. The molecular weight excluding hydrogens is 317 g/mol. The van der Waals surface area contributed by atoms with Crippen molar-refractivity contribution < 1.29 is 9.90 Å². The first-order chi connectivity index (χ1) is 7.50. The Kier molecular flexibility index (Phi) is 5.21. The third-order valence-corrected chi connectivity index (χ3v) is 3.07. The number of halogens is 1. The highest BCUT2D eigenvalue weighted by Crippen LogP contribution is 2.07. The Morgan fingerprint density at radius 1 is 1.38 bits per heavy atom. The fourth-order valence-corrected chi connectivity index (χ4v) is 1.50. The highest BCUT2D eigenvalue weighted by Gasteiger charge is 2.11. The number of nitrogens with one attached hydrogen (secondary N) is 1. The van der Waals surface area contributed by atoms with Crippen molar-refractivity contribution in [2.24, 2.45) is 5.92 Å². The predicted octanol–water partition coefficient (Wildman–Crippen LogP) is 2.04. The van der Waals surface area contributed by atoms with Crippen LogP contribution in [0.5, 0.6) is 0 Å². The third-order valence-electron chi connectivity index (χ3n) is 2.35. The van der Waals surface area contributed by atoms with E-state index in [9.17, 15) is 9.90 Å². The Morgan fingerprint density at radius 3 is 2.44 bits per heavy atom. The van der Waals surface area contributed by atoms with Crippen LogP contribution in [0.25, 0.3) is 0 Å². The second-order valence-corrected chi connectivity index (χ2v) is 5.27. The quantitative estimate of drug-likeness (QED) is 0.829. The number of aliphatic hydroxyl groups excluding tert-OH is 1. The van der Waals surface area contributed by atoms with E-state index in [0.29, 0.717) is 12.1 Å². The van der Waals surface area contributed by atoms with Gasteiger partial charge >= 0.3 is 0 Å². The van der Waals surface area contributed by atoms with Crippen molar-refractivity contribution in [1.82, 2.24) is 5.32 Å². The van der Waals surface area contributed by atoms with E-state index in [1.807, 2.05) is 26.0 Å². The summed E-state index contributed by atoms with van der Waals surface area (Å²) < 4.78 is 1.09. The third kappa shape index (κ3) is 4.09. The minimum atomic E-state index is -0.493. The molecule has 1 unspecified atom stereocenters. The second-order valence-electron chi connectivity index (χ2n) is 4.03. The normalized spacial score (nSPS) is 12.6. The molecule has 1 amide bonds. The van der Waals surface area contributed by atoms with Gasteiger partial charge in [0, 0.05) is 15.7 Å². The first kappa shape index (κ1) is 13.4. The van der Waals surface area contributed by atoms with E-state index in [-0.39, 0.29) is 11.8 Å². The van der Waals surface area contributed by atoms with E-state index in [1.165, 1.54) is 0 Å². The van der Waals surface area contributed by atoms with Crippen LogP contribution in [0.3, 0.4) is 0 Å². The zero-order chi connectivity index (χ0) is 12.1. The first-order valence-corrected chi connectivity index (χ1v) is 6.30. The Hall–Kier alpha value is -0.620. The summed E-state index contributed by atoms with van der Waals surface area (Å²) >= 11 is 2.19. The molecule has 0 saturated heterocycles. The van der Waals surface area contributed by atoms with Crippen LogP contribution < -0.4 is 5.32 Å². The average Bonchev–Trinajstić information content (AvgIpc) is 2.26. The highest BCUT2D eigenvalue weighted by molar-refractivity contribution is 14.1. The SMILES string of the molecule is CC(C)C(O)CNC(=O)c1ccc(I)cc1. The molecule has 0 heterocycles. The van der Waals surface area contributed by atoms with Crippen LogP contribution in [0.15, 0.2) is 24.3 Å². The zero-order valence-electron chi connectivity index (χ0n) is 9.40. The molecule has 0 aromatic heterocycles. The number of aliphatic hydroxyl groups is 1. The summed E-state index contributed by atoms with van der Waals surface area (Å²) in [7, 11) is 0. The van der Waals surface area contributed by atoms with Gasteiger partial charge in [-0.1, -0.05) is 13.8 Å². The minimum absolute atomic E-state index is 0.142. The Balaban J connectivity index is 2.50. The molecule has 1 atom stereocenters. The second kappa shape index (κ2) is 6.20. The highest BCUT2D eigenvalue weighted by atomic mass is 127. The average molecular weight is 333 g/mol. The van der Waals surface area contributed by atoms with E-state index in [1.54, 1.807) is 12.1 Å². The molecule has 2 N–H and O–H groups in total. The van der Waals surface area contributed by atoms with Gasteiger partial charge in [0.15, 0.2) is 0 Å². The summed E-state index contributed by atoms with van der Waals surface area (Å²) in [6.45, 7) is 4.13.